The molecule has 3 rings (SSSR count). The van der Waals surface area contributed by atoms with E-state index in [1.807, 2.05) is 24.3 Å². The Hall–Kier alpha value is -2.21. The first-order chi connectivity index (χ1) is 10.6. The fourth-order valence-electron chi connectivity index (χ4n) is 2.47. The van der Waals surface area contributed by atoms with E-state index in [9.17, 15) is 9.59 Å². The van der Waals surface area contributed by atoms with Crippen molar-refractivity contribution in [2.75, 3.05) is 16.8 Å². The fraction of sp³-hybridized carbons (Fsp3) is 0.188. The van der Waals surface area contributed by atoms with Crippen LogP contribution in [0.4, 0.5) is 11.4 Å². The van der Waals surface area contributed by atoms with E-state index in [1.165, 1.54) is 0 Å². The number of hydrogen-bond donors (Lipinski definition) is 1. The van der Waals surface area contributed by atoms with Gasteiger partial charge >= 0.3 is 0 Å². The molecular formula is C16H14BrN3O2. The van der Waals surface area contributed by atoms with Crippen molar-refractivity contribution in [1.29, 1.82) is 0 Å². The molecule has 5 nitrogen and oxygen atoms in total. The molecule has 2 aromatic rings. The van der Waals surface area contributed by atoms with Crippen molar-refractivity contribution >= 4 is 39.1 Å². The van der Waals surface area contributed by atoms with Crippen LogP contribution in [0, 0.1) is 5.92 Å². The SMILES string of the molecule is O=C(Nc1cccnc1)C1CC(=O)N(c2ccccc2Br)C1. The first-order valence-electron chi connectivity index (χ1n) is 6.91. The maximum Gasteiger partial charge on any atom is 0.229 e. The van der Waals surface area contributed by atoms with Gasteiger partial charge < -0.3 is 10.2 Å². The summed E-state index contributed by atoms with van der Waals surface area (Å²) in [4.78, 5) is 30.1. The summed E-state index contributed by atoms with van der Waals surface area (Å²) in [5.41, 5.74) is 1.43. The fourth-order valence-corrected chi connectivity index (χ4v) is 2.97. The summed E-state index contributed by atoms with van der Waals surface area (Å²) in [6, 6.07) is 11.0. The Morgan fingerprint density at radius 2 is 2.09 bits per heavy atom. The molecule has 1 aromatic carbocycles. The van der Waals surface area contributed by atoms with Gasteiger partial charge in [-0.1, -0.05) is 12.1 Å². The van der Waals surface area contributed by atoms with Crippen LogP contribution in [0.1, 0.15) is 6.42 Å². The molecule has 6 heteroatoms. The van der Waals surface area contributed by atoms with Crippen LogP contribution >= 0.6 is 15.9 Å². The molecule has 0 spiro atoms. The highest BCUT2D eigenvalue weighted by Gasteiger charge is 2.35. The van der Waals surface area contributed by atoms with Crippen molar-refractivity contribution in [2.24, 2.45) is 5.92 Å². The maximum absolute atomic E-state index is 12.3. The highest BCUT2D eigenvalue weighted by molar-refractivity contribution is 9.10. The molecule has 2 heterocycles. The Morgan fingerprint density at radius 3 is 2.82 bits per heavy atom. The van der Waals surface area contributed by atoms with Crippen molar-refractivity contribution in [3.63, 3.8) is 0 Å². The number of para-hydroxylation sites is 1. The first kappa shape index (κ1) is 14.7. The van der Waals surface area contributed by atoms with Crippen molar-refractivity contribution in [2.45, 2.75) is 6.42 Å². The number of hydrogen-bond acceptors (Lipinski definition) is 3. The number of aromatic nitrogens is 1. The molecule has 0 bridgehead atoms. The first-order valence-corrected chi connectivity index (χ1v) is 7.70. The third kappa shape index (κ3) is 3.01. The zero-order valence-electron chi connectivity index (χ0n) is 11.7. The number of benzene rings is 1. The molecule has 1 saturated heterocycles. The van der Waals surface area contributed by atoms with Crippen LogP contribution in [-0.2, 0) is 9.59 Å². The number of carbonyl (C=O) groups excluding carboxylic acids is 2. The number of pyridine rings is 1. The predicted molar refractivity (Wildman–Crippen MR) is 87.5 cm³/mol. The number of nitrogens with one attached hydrogen (secondary N) is 1. The second-order valence-corrected chi connectivity index (χ2v) is 5.94. The Morgan fingerprint density at radius 1 is 1.27 bits per heavy atom. The minimum Gasteiger partial charge on any atom is -0.324 e. The quantitative estimate of drug-likeness (QED) is 0.916. The second kappa shape index (κ2) is 6.27. The lowest BCUT2D eigenvalue weighted by Crippen LogP contribution is -2.28. The van der Waals surface area contributed by atoms with Crippen molar-refractivity contribution in [1.82, 2.24) is 4.98 Å². The van der Waals surface area contributed by atoms with Crippen molar-refractivity contribution in [3.8, 4) is 0 Å². The number of carbonyl (C=O) groups is 2. The van der Waals surface area contributed by atoms with Gasteiger partial charge in [0.2, 0.25) is 11.8 Å². The highest BCUT2D eigenvalue weighted by Crippen LogP contribution is 2.31. The highest BCUT2D eigenvalue weighted by atomic mass is 79.9. The lowest BCUT2D eigenvalue weighted by molar-refractivity contribution is -0.122. The molecule has 0 saturated carbocycles. The van der Waals surface area contributed by atoms with E-state index in [2.05, 4.69) is 26.2 Å². The molecular weight excluding hydrogens is 346 g/mol. The van der Waals surface area contributed by atoms with E-state index in [4.69, 9.17) is 0 Å². The molecule has 2 amide bonds. The Balaban J connectivity index is 1.72. The zero-order valence-corrected chi connectivity index (χ0v) is 13.3. The Kier molecular flexibility index (Phi) is 4.20. The molecule has 1 aliphatic heterocycles. The van der Waals surface area contributed by atoms with Gasteiger partial charge in [0.15, 0.2) is 0 Å². The summed E-state index contributed by atoms with van der Waals surface area (Å²) in [6.45, 7) is 0.382. The Labute approximate surface area is 136 Å². The van der Waals surface area contributed by atoms with E-state index in [0.29, 0.717) is 12.2 Å². The lowest BCUT2D eigenvalue weighted by Gasteiger charge is -2.18. The van der Waals surface area contributed by atoms with Crippen LogP contribution in [0.2, 0.25) is 0 Å². The average molecular weight is 360 g/mol. The summed E-state index contributed by atoms with van der Waals surface area (Å²) >= 11 is 3.44. The van der Waals surface area contributed by atoms with E-state index >= 15 is 0 Å². The van der Waals surface area contributed by atoms with Crippen molar-refractivity contribution < 1.29 is 9.59 Å². The summed E-state index contributed by atoms with van der Waals surface area (Å²) in [5, 5.41) is 2.80. The topological polar surface area (TPSA) is 62.3 Å². The van der Waals surface area contributed by atoms with Gasteiger partial charge in [0.25, 0.3) is 0 Å². The molecule has 1 aromatic heterocycles. The van der Waals surface area contributed by atoms with Gasteiger partial charge in [0, 0.05) is 23.6 Å². The smallest absolute Gasteiger partial charge is 0.229 e. The number of halogens is 1. The van der Waals surface area contributed by atoms with Gasteiger partial charge in [-0.15, -0.1) is 0 Å². The van der Waals surface area contributed by atoms with Gasteiger partial charge in [-0.25, -0.2) is 0 Å². The van der Waals surface area contributed by atoms with Gasteiger partial charge in [-0.3, -0.25) is 14.6 Å². The van der Waals surface area contributed by atoms with Crippen molar-refractivity contribution in [3.05, 3.63) is 53.3 Å². The summed E-state index contributed by atoms with van der Waals surface area (Å²) < 4.78 is 0.844. The number of rotatable bonds is 3. The molecule has 1 fully saturated rings. The van der Waals surface area contributed by atoms with E-state index in [0.717, 1.165) is 10.2 Å². The number of anilines is 2. The normalized spacial score (nSPS) is 17.6. The van der Waals surface area contributed by atoms with Gasteiger partial charge in [-0.05, 0) is 40.2 Å². The molecule has 0 radical (unpaired) electrons. The summed E-state index contributed by atoms with van der Waals surface area (Å²) in [7, 11) is 0. The Bertz CT molecular complexity index is 706. The van der Waals surface area contributed by atoms with Crippen LogP contribution < -0.4 is 10.2 Å². The number of nitrogens with zero attached hydrogens (tertiary/aromatic N) is 2. The molecule has 112 valence electrons. The van der Waals surface area contributed by atoms with E-state index < -0.39 is 0 Å². The second-order valence-electron chi connectivity index (χ2n) is 5.09. The van der Waals surface area contributed by atoms with Crippen LogP contribution in [0.25, 0.3) is 0 Å². The molecule has 22 heavy (non-hydrogen) atoms. The summed E-state index contributed by atoms with van der Waals surface area (Å²) in [6.07, 6.45) is 3.44. The number of amides is 2. The standard InChI is InChI=1S/C16H14BrN3O2/c17-13-5-1-2-6-14(13)20-10-11(8-15(20)21)16(22)19-12-4-3-7-18-9-12/h1-7,9,11H,8,10H2,(H,19,22). The van der Waals surface area contributed by atoms with Crippen LogP contribution in [0.5, 0.6) is 0 Å². The van der Waals surface area contributed by atoms with E-state index in [1.54, 1.807) is 29.4 Å². The van der Waals surface area contributed by atoms with Crippen LogP contribution in [0.3, 0.4) is 0 Å². The van der Waals surface area contributed by atoms with Crippen LogP contribution in [-0.4, -0.2) is 23.3 Å². The molecule has 1 unspecified atom stereocenters. The largest absolute Gasteiger partial charge is 0.324 e. The molecule has 0 aliphatic carbocycles. The maximum atomic E-state index is 12.3. The monoisotopic (exact) mass is 359 g/mol. The predicted octanol–water partition coefficient (Wildman–Crippen LogP) is 2.84. The minimum absolute atomic E-state index is 0.0433. The third-order valence-electron chi connectivity index (χ3n) is 3.57. The lowest BCUT2D eigenvalue weighted by atomic mass is 10.1. The van der Waals surface area contributed by atoms with Crippen LogP contribution in [0.15, 0.2) is 53.3 Å². The molecule has 1 N–H and O–H groups in total. The summed E-state index contributed by atoms with van der Waals surface area (Å²) in [5.74, 6) is -0.561. The minimum atomic E-state index is -0.361. The molecule has 1 aliphatic rings. The molecule has 1 atom stereocenters. The van der Waals surface area contributed by atoms with Gasteiger partial charge in [-0.2, -0.15) is 0 Å². The van der Waals surface area contributed by atoms with Gasteiger partial charge in [0.1, 0.15) is 0 Å². The third-order valence-corrected chi connectivity index (χ3v) is 4.24. The van der Waals surface area contributed by atoms with Gasteiger partial charge in [0.05, 0.1) is 23.5 Å². The zero-order chi connectivity index (χ0) is 15.5. The van der Waals surface area contributed by atoms with E-state index in [-0.39, 0.29) is 24.2 Å². The average Bonchev–Trinajstić information content (AvgIpc) is 2.91.